The van der Waals surface area contributed by atoms with E-state index in [9.17, 15) is 0 Å². The summed E-state index contributed by atoms with van der Waals surface area (Å²) in [7, 11) is 0. The van der Waals surface area contributed by atoms with Gasteiger partial charge in [-0.05, 0) is 62.5 Å². The summed E-state index contributed by atoms with van der Waals surface area (Å²) in [6, 6.07) is 1.24. The first kappa shape index (κ1) is 11.7. The van der Waals surface area contributed by atoms with Gasteiger partial charge in [-0.2, -0.15) is 11.8 Å². The molecule has 2 fully saturated rings. The van der Waals surface area contributed by atoms with Crippen molar-refractivity contribution in [2.24, 2.45) is 11.7 Å². The van der Waals surface area contributed by atoms with Crippen LogP contribution >= 0.6 is 11.8 Å². The Hall–Kier alpha value is 0.270. The van der Waals surface area contributed by atoms with Crippen LogP contribution in [0.5, 0.6) is 0 Å². The molecule has 2 aliphatic rings. The molecule has 1 aliphatic carbocycles. The Bertz CT molecular complexity index is 172. The first-order valence-electron chi connectivity index (χ1n) is 6.41. The van der Waals surface area contributed by atoms with E-state index in [-0.39, 0.29) is 0 Å². The number of rotatable bonds is 3. The van der Waals surface area contributed by atoms with Crippen molar-refractivity contribution in [3.05, 3.63) is 0 Å². The van der Waals surface area contributed by atoms with Gasteiger partial charge >= 0.3 is 0 Å². The molecule has 1 heterocycles. The lowest BCUT2D eigenvalue weighted by atomic mass is 9.91. The maximum atomic E-state index is 5.91. The highest BCUT2D eigenvalue weighted by molar-refractivity contribution is 7.99. The van der Waals surface area contributed by atoms with Gasteiger partial charge in [-0.15, -0.1) is 0 Å². The van der Waals surface area contributed by atoms with Crippen molar-refractivity contribution < 1.29 is 0 Å². The molecular formula is C12H24N2S. The highest BCUT2D eigenvalue weighted by Gasteiger charge is 2.20. The van der Waals surface area contributed by atoms with Crippen LogP contribution in [0.25, 0.3) is 0 Å². The maximum Gasteiger partial charge on any atom is 0.00683 e. The summed E-state index contributed by atoms with van der Waals surface area (Å²) in [5.41, 5.74) is 5.91. The zero-order chi connectivity index (χ0) is 10.5. The summed E-state index contributed by atoms with van der Waals surface area (Å²) in [5, 5.41) is 3.75. The third kappa shape index (κ3) is 3.97. The molecular weight excluding hydrogens is 204 g/mol. The number of hydrogen-bond acceptors (Lipinski definition) is 3. The van der Waals surface area contributed by atoms with Gasteiger partial charge in [0.05, 0.1) is 0 Å². The number of nitrogens with two attached hydrogens (primary N) is 1. The van der Waals surface area contributed by atoms with Gasteiger partial charge in [0.15, 0.2) is 0 Å². The fourth-order valence-electron chi connectivity index (χ4n) is 2.61. The topological polar surface area (TPSA) is 38.0 Å². The molecule has 0 spiro atoms. The van der Waals surface area contributed by atoms with Gasteiger partial charge in [0.25, 0.3) is 0 Å². The third-order valence-corrected chi connectivity index (χ3v) is 4.86. The van der Waals surface area contributed by atoms with Gasteiger partial charge in [-0.25, -0.2) is 0 Å². The quantitative estimate of drug-likeness (QED) is 0.776. The van der Waals surface area contributed by atoms with Crippen LogP contribution in [0.2, 0.25) is 0 Å². The first-order chi connectivity index (χ1) is 7.34. The van der Waals surface area contributed by atoms with Gasteiger partial charge < -0.3 is 11.1 Å². The predicted molar refractivity (Wildman–Crippen MR) is 68.3 cm³/mol. The van der Waals surface area contributed by atoms with E-state index in [0.717, 1.165) is 12.0 Å². The molecule has 0 aromatic carbocycles. The minimum Gasteiger partial charge on any atom is -0.328 e. The molecule has 3 heteroatoms. The van der Waals surface area contributed by atoms with Crippen LogP contribution in [0.15, 0.2) is 0 Å². The van der Waals surface area contributed by atoms with Crippen molar-refractivity contribution in [1.29, 1.82) is 0 Å². The van der Waals surface area contributed by atoms with Crippen LogP contribution in [0.3, 0.4) is 0 Å². The lowest BCUT2D eigenvalue weighted by molar-refractivity contribution is 0.318. The van der Waals surface area contributed by atoms with Gasteiger partial charge in [-0.1, -0.05) is 0 Å². The van der Waals surface area contributed by atoms with Crippen LogP contribution in [0.1, 0.15) is 38.5 Å². The Morgan fingerprint density at radius 1 is 1.00 bits per heavy atom. The predicted octanol–water partition coefficient (Wildman–Crippen LogP) is 1.99. The van der Waals surface area contributed by atoms with Crippen LogP contribution in [0, 0.1) is 5.92 Å². The number of thioether (sulfide) groups is 1. The molecule has 0 aromatic heterocycles. The van der Waals surface area contributed by atoms with Crippen LogP contribution in [0.4, 0.5) is 0 Å². The minimum absolute atomic E-state index is 0.481. The smallest absolute Gasteiger partial charge is 0.00683 e. The monoisotopic (exact) mass is 228 g/mol. The maximum absolute atomic E-state index is 5.91. The highest BCUT2D eigenvalue weighted by atomic mass is 32.2. The zero-order valence-electron chi connectivity index (χ0n) is 9.58. The molecule has 88 valence electrons. The van der Waals surface area contributed by atoms with Crippen LogP contribution in [-0.4, -0.2) is 30.1 Å². The van der Waals surface area contributed by atoms with E-state index in [1.165, 1.54) is 56.6 Å². The molecule has 2 nitrogen and oxygen atoms in total. The summed E-state index contributed by atoms with van der Waals surface area (Å²) in [5.74, 6) is 3.70. The fraction of sp³-hybridized carbons (Fsp3) is 1.00. The van der Waals surface area contributed by atoms with Gasteiger partial charge in [-0.3, -0.25) is 0 Å². The summed E-state index contributed by atoms with van der Waals surface area (Å²) in [6.45, 7) is 1.25. The van der Waals surface area contributed by atoms with E-state index in [1.807, 2.05) is 0 Å². The van der Waals surface area contributed by atoms with E-state index in [2.05, 4.69) is 17.1 Å². The van der Waals surface area contributed by atoms with Crippen molar-refractivity contribution in [3.8, 4) is 0 Å². The lowest BCUT2D eigenvalue weighted by Gasteiger charge is -2.29. The van der Waals surface area contributed by atoms with Crippen molar-refractivity contribution in [3.63, 3.8) is 0 Å². The summed E-state index contributed by atoms with van der Waals surface area (Å²) < 4.78 is 0. The Kier molecular flexibility index (Phi) is 4.79. The Morgan fingerprint density at radius 3 is 2.33 bits per heavy atom. The largest absolute Gasteiger partial charge is 0.328 e. The average Bonchev–Trinajstić information content (AvgIpc) is 2.30. The third-order valence-electron chi connectivity index (χ3n) is 3.81. The van der Waals surface area contributed by atoms with E-state index >= 15 is 0 Å². The van der Waals surface area contributed by atoms with Crippen molar-refractivity contribution in [2.75, 3.05) is 18.1 Å². The van der Waals surface area contributed by atoms with E-state index in [0.29, 0.717) is 6.04 Å². The standard InChI is InChI=1S/C12H24N2S/c13-11-1-3-12(4-2-11)14-9-10-5-7-15-8-6-10/h10-12,14H,1-9,13H2. The Labute approximate surface area is 97.8 Å². The molecule has 0 bridgehead atoms. The van der Waals surface area contributed by atoms with Crippen LogP contribution in [-0.2, 0) is 0 Å². The zero-order valence-corrected chi connectivity index (χ0v) is 10.4. The van der Waals surface area contributed by atoms with Crippen LogP contribution < -0.4 is 11.1 Å². The Balaban J connectivity index is 1.60. The molecule has 0 atom stereocenters. The van der Waals surface area contributed by atoms with Gasteiger partial charge in [0.1, 0.15) is 0 Å². The van der Waals surface area contributed by atoms with E-state index < -0.39 is 0 Å². The van der Waals surface area contributed by atoms with E-state index in [4.69, 9.17) is 5.73 Å². The second-order valence-electron chi connectivity index (χ2n) is 5.08. The summed E-state index contributed by atoms with van der Waals surface area (Å²) in [4.78, 5) is 0. The molecule has 1 saturated carbocycles. The number of nitrogens with one attached hydrogen (secondary N) is 1. The second-order valence-corrected chi connectivity index (χ2v) is 6.30. The normalized spacial score (nSPS) is 34.2. The molecule has 2 rings (SSSR count). The second kappa shape index (κ2) is 6.12. The first-order valence-corrected chi connectivity index (χ1v) is 7.57. The lowest BCUT2D eigenvalue weighted by Crippen LogP contribution is -2.39. The SMILES string of the molecule is NC1CCC(NCC2CCSCC2)CC1. The molecule has 15 heavy (non-hydrogen) atoms. The fourth-order valence-corrected chi connectivity index (χ4v) is 3.81. The number of hydrogen-bond donors (Lipinski definition) is 2. The van der Waals surface area contributed by atoms with Crippen molar-refractivity contribution >= 4 is 11.8 Å². The average molecular weight is 228 g/mol. The van der Waals surface area contributed by atoms with Gasteiger partial charge in [0, 0.05) is 12.1 Å². The van der Waals surface area contributed by atoms with E-state index in [1.54, 1.807) is 0 Å². The molecule has 1 aliphatic heterocycles. The minimum atomic E-state index is 0.481. The molecule has 0 unspecified atom stereocenters. The highest BCUT2D eigenvalue weighted by Crippen LogP contribution is 2.23. The molecule has 0 aromatic rings. The van der Waals surface area contributed by atoms with Crippen molar-refractivity contribution in [1.82, 2.24) is 5.32 Å². The van der Waals surface area contributed by atoms with Crippen molar-refractivity contribution in [2.45, 2.75) is 50.6 Å². The molecule has 1 saturated heterocycles. The Morgan fingerprint density at radius 2 is 1.67 bits per heavy atom. The summed E-state index contributed by atoms with van der Waals surface area (Å²) in [6.07, 6.45) is 7.87. The summed E-state index contributed by atoms with van der Waals surface area (Å²) >= 11 is 2.12. The van der Waals surface area contributed by atoms with Gasteiger partial charge in [0.2, 0.25) is 0 Å². The molecule has 0 amide bonds. The molecule has 0 radical (unpaired) electrons. The molecule has 3 N–H and O–H groups in total.